The van der Waals surface area contributed by atoms with E-state index in [-0.39, 0.29) is 0 Å². The van der Waals surface area contributed by atoms with Crippen LogP contribution in [-0.4, -0.2) is 14.8 Å². The van der Waals surface area contributed by atoms with Crippen LogP contribution in [0, 0.1) is 22.5 Å². The molecular formula is C17H21N3S. The third-order valence-electron chi connectivity index (χ3n) is 5.56. The number of aromatic amines is 1. The van der Waals surface area contributed by atoms with Crippen LogP contribution in [0.5, 0.6) is 0 Å². The van der Waals surface area contributed by atoms with Gasteiger partial charge in [0.1, 0.15) is 0 Å². The van der Waals surface area contributed by atoms with Crippen molar-refractivity contribution in [3.8, 4) is 11.4 Å². The molecule has 110 valence electrons. The fraction of sp³-hybridized carbons (Fsp3) is 0.529. The lowest BCUT2D eigenvalue weighted by Crippen LogP contribution is -2.22. The van der Waals surface area contributed by atoms with E-state index in [1.165, 1.54) is 25.7 Å². The highest BCUT2D eigenvalue weighted by Gasteiger charge is 2.42. The van der Waals surface area contributed by atoms with E-state index in [1.54, 1.807) is 0 Å². The van der Waals surface area contributed by atoms with Crippen LogP contribution in [-0.2, 0) is 0 Å². The largest absolute Gasteiger partial charge is 0.297 e. The summed E-state index contributed by atoms with van der Waals surface area (Å²) in [4.78, 5) is 0. The average molecular weight is 299 g/mol. The SMILES string of the molecule is CC(C1CC2CCC1C2)n1c(-c2ccccc2)n[nH]c1=S. The Morgan fingerprint density at radius 3 is 2.71 bits per heavy atom. The number of H-pyrrole nitrogens is 1. The first-order chi connectivity index (χ1) is 10.2. The molecular weight excluding hydrogens is 278 g/mol. The Hall–Kier alpha value is -1.42. The predicted octanol–water partition coefficient (Wildman–Crippen LogP) is 4.60. The Balaban J connectivity index is 1.72. The molecule has 2 bridgehead atoms. The number of hydrogen-bond donors (Lipinski definition) is 1. The van der Waals surface area contributed by atoms with E-state index >= 15 is 0 Å². The van der Waals surface area contributed by atoms with Gasteiger partial charge in [0.2, 0.25) is 0 Å². The predicted molar refractivity (Wildman–Crippen MR) is 86.5 cm³/mol. The quantitative estimate of drug-likeness (QED) is 0.840. The van der Waals surface area contributed by atoms with Gasteiger partial charge in [0.05, 0.1) is 0 Å². The van der Waals surface area contributed by atoms with Gasteiger partial charge in [-0.15, -0.1) is 0 Å². The van der Waals surface area contributed by atoms with E-state index in [9.17, 15) is 0 Å². The highest BCUT2D eigenvalue weighted by Crippen LogP contribution is 2.52. The van der Waals surface area contributed by atoms with E-state index in [0.29, 0.717) is 6.04 Å². The molecule has 21 heavy (non-hydrogen) atoms. The molecule has 0 spiro atoms. The molecule has 2 aromatic rings. The average Bonchev–Trinajstić information content (AvgIpc) is 3.22. The molecule has 4 rings (SSSR count). The summed E-state index contributed by atoms with van der Waals surface area (Å²) in [6, 6.07) is 10.8. The van der Waals surface area contributed by atoms with Gasteiger partial charge in [-0.05, 0) is 56.2 Å². The summed E-state index contributed by atoms with van der Waals surface area (Å²) in [6.07, 6.45) is 5.65. The molecule has 0 radical (unpaired) electrons. The first-order valence-corrected chi connectivity index (χ1v) is 8.37. The molecule has 3 nitrogen and oxygen atoms in total. The molecule has 0 aliphatic heterocycles. The van der Waals surface area contributed by atoms with Crippen LogP contribution >= 0.6 is 12.2 Å². The fourth-order valence-corrected chi connectivity index (χ4v) is 4.85. The maximum absolute atomic E-state index is 5.52. The second-order valence-corrected chi connectivity index (χ2v) is 7.05. The Bertz CT molecular complexity index is 688. The van der Waals surface area contributed by atoms with E-state index in [0.717, 1.165) is 33.9 Å². The number of rotatable bonds is 3. The minimum atomic E-state index is 0.432. The van der Waals surface area contributed by atoms with Crippen molar-refractivity contribution in [3.63, 3.8) is 0 Å². The van der Waals surface area contributed by atoms with Crippen molar-refractivity contribution in [3.05, 3.63) is 35.1 Å². The molecule has 4 atom stereocenters. The lowest BCUT2D eigenvalue weighted by molar-refractivity contribution is 0.242. The third kappa shape index (κ3) is 2.16. The van der Waals surface area contributed by atoms with E-state index in [4.69, 9.17) is 12.2 Å². The normalized spacial score (nSPS) is 28.9. The minimum Gasteiger partial charge on any atom is -0.297 e. The van der Waals surface area contributed by atoms with Gasteiger partial charge in [-0.25, -0.2) is 0 Å². The zero-order valence-electron chi connectivity index (χ0n) is 12.3. The number of aromatic nitrogens is 3. The first-order valence-electron chi connectivity index (χ1n) is 7.96. The summed E-state index contributed by atoms with van der Waals surface area (Å²) >= 11 is 5.52. The van der Waals surface area contributed by atoms with Gasteiger partial charge < -0.3 is 0 Å². The molecule has 1 N–H and O–H groups in total. The van der Waals surface area contributed by atoms with E-state index in [2.05, 4.69) is 46.0 Å². The van der Waals surface area contributed by atoms with Gasteiger partial charge in [-0.3, -0.25) is 9.67 Å². The number of nitrogens with zero attached hydrogens (tertiary/aromatic N) is 2. The smallest absolute Gasteiger partial charge is 0.195 e. The topological polar surface area (TPSA) is 33.6 Å². The van der Waals surface area contributed by atoms with E-state index in [1.807, 2.05) is 6.07 Å². The molecule has 2 saturated carbocycles. The van der Waals surface area contributed by atoms with Crippen LogP contribution in [0.2, 0.25) is 0 Å². The Kier molecular flexibility index (Phi) is 3.21. The Morgan fingerprint density at radius 2 is 2.05 bits per heavy atom. The van der Waals surface area contributed by atoms with Gasteiger partial charge in [-0.1, -0.05) is 36.8 Å². The number of benzene rings is 1. The van der Waals surface area contributed by atoms with Gasteiger partial charge in [0.25, 0.3) is 0 Å². The molecule has 2 aliphatic carbocycles. The maximum Gasteiger partial charge on any atom is 0.195 e. The van der Waals surface area contributed by atoms with Crippen LogP contribution in [0.1, 0.15) is 38.6 Å². The van der Waals surface area contributed by atoms with Gasteiger partial charge in [0, 0.05) is 11.6 Å². The number of fused-ring (bicyclic) bond motifs is 2. The monoisotopic (exact) mass is 299 g/mol. The Labute approximate surface area is 130 Å². The summed E-state index contributed by atoms with van der Waals surface area (Å²) < 4.78 is 3.00. The van der Waals surface area contributed by atoms with Gasteiger partial charge in [0.15, 0.2) is 10.6 Å². The summed E-state index contributed by atoms with van der Waals surface area (Å²) in [5.74, 6) is 3.60. The summed E-state index contributed by atoms with van der Waals surface area (Å²) in [6.45, 7) is 2.32. The van der Waals surface area contributed by atoms with Crippen LogP contribution in [0.25, 0.3) is 11.4 Å². The van der Waals surface area contributed by atoms with Crippen molar-refractivity contribution in [2.24, 2.45) is 17.8 Å². The van der Waals surface area contributed by atoms with Crippen molar-refractivity contribution in [2.75, 3.05) is 0 Å². The number of hydrogen-bond acceptors (Lipinski definition) is 2. The molecule has 0 amide bonds. The minimum absolute atomic E-state index is 0.432. The fourth-order valence-electron chi connectivity index (χ4n) is 4.55. The van der Waals surface area contributed by atoms with Gasteiger partial charge >= 0.3 is 0 Å². The van der Waals surface area contributed by atoms with Crippen molar-refractivity contribution in [2.45, 2.75) is 38.6 Å². The molecule has 4 unspecified atom stereocenters. The highest BCUT2D eigenvalue weighted by atomic mass is 32.1. The Morgan fingerprint density at radius 1 is 1.24 bits per heavy atom. The molecule has 1 aromatic heterocycles. The molecule has 2 fully saturated rings. The maximum atomic E-state index is 5.52. The summed E-state index contributed by atoms with van der Waals surface area (Å²) in [7, 11) is 0. The van der Waals surface area contributed by atoms with Crippen molar-refractivity contribution >= 4 is 12.2 Å². The zero-order valence-corrected chi connectivity index (χ0v) is 13.1. The third-order valence-corrected chi connectivity index (χ3v) is 5.84. The van der Waals surface area contributed by atoms with Crippen molar-refractivity contribution in [1.29, 1.82) is 0 Å². The highest BCUT2D eigenvalue weighted by molar-refractivity contribution is 7.71. The van der Waals surface area contributed by atoms with Crippen LogP contribution in [0.3, 0.4) is 0 Å². The molecule has 0 saturated heterocycles. The van der Waals surface area contributed by atoms with Crippen molar-refractivity contribution in [1.82, 2.24) is 14.8 Å². The summed E-state index contributed by atoms with van der Waals surface area (Å²) in [5, 5.41) is 7.49. The second kappa shape index (κ2) is 5.09. The molecule has 2 aliphatic rings. The molecule has 1 heterocycles. The lowest BCUT2D eigenvalue weighted by Gasteiger charge is -2.29. The standard InChI is InChI=1S/C17H21N3S/c1-11(15-10-12-7-8-14(15)9-12)20-16(18-19-17(20)21)13-5-3-2-4-6-13/h2-6,11-12,14-15H,7-10H2,1H3,(H,19,21). The molecule has 4 heteroatoms. The molecule has 1 aromatic carbocycles. The summed E-state index contributed by atoms with van der Waals surface area (Å²) in [5.41, 5.74) is 1.14. The second-order valence-electron chi connectivity index (χ2n) is 6.67. The van der Waals surface area contributed by atoms with Crippen LogP contribution < -0.4 is 0 Å². The van der Waals surface area contributed by atoms with Crippen molar-refractivity contribution < 1.29 is 0 Å². The number of nitrogens with one attached hydrogen (secondary N) is 1. The van der Waals surface area contributed by atoms with Crippen LogP contribution in [0.15, 0.2) is 30.3 Å². The van der Waals surface area contributed by atoms with E-state index < -0.39 is 0 Å². The first kappa shape index (κ1) is 13.3. The lowest BCUT2D eigenvalue weighted by atomic mass is 9.84. The zero-order chi connectivity index (χ0) is 14.4. The van der Waals surface area contributed by atoms with Crippen LogP contribution in [0.4, 0.5) is 0 Å². The van der Waals surface area contributed by atoms with Gasteiger partial charge in [-0.2, -0.15) is 5.10 Å².